The second kappa shape index (κ2) is 11.9. The normalized spacial score (nSPS) is 19.3. The van der Waals surface area contributed by atoms with Gasteiger partial charge in [-0.3, -0.25) is 9.13 Å². The maximum absolute atomic E-state index is 11.3. The van der Waals surface area contributed by atoms with Gasteiger partial charge in [-0.25, -0.2) is 0 Å². The van der Waals surface area contributed by atoms with Gasteiger partial charge in [-0.05, 0) is 30.6 Å². The van der Waals surface area contributed by atoms with Gasteiger partial charge in [-0.2, -0.15) is 0 Å². The van der Waals surface area contributed by atoms with Gasteiger partial charge in [-0.15, -0.1) is 23.5 Å². The summed E-state index contributed by atoms with van der Waals surface area (Å²) in [6, 6.07) is 7.47. The van der Waals surface area contributed by atoms with Crippen LogP contribution in [0.1, 0.15) is 17.9 Å². The van der Waals surface area contributed by atoms with E-state index >= 15 is 0 Å². The molecule has 0 saturated heterocycles. The molecule has 1 aromatic carbocycles. The molecule has 26 heavy (non-hydrogen) atoms. The van der Waals surface area contributed by atoms with Crippen molar-refractivity contribution >= 4 is 68.9 Å². The van der Waals surface area contributed by atoms with Crippen LogP contribution in [0.4, 0.5) is 0 Å². The van der Waals surface area contributed by atoms with Crippen LogP contribution < -0.4 is 4.74 Å². The Hall–Kier alpha value is 0.980. The fraction of sp³-hybridized carbons (Fsp3) is 0.538. The van der Waals surface area contributed by atoms with Gasteiger partial charge in [0.15, 0.2) is 5.85 Å². The number of ether oxygens (including phenoxy) is 1. The van der Waals surface area contributed by atoms with Gasteiger partial charge in [0.2, 0.25) is 0 Å². The van der Waals surface area contributed by atoms with Crippen molar-refractivity contribution in [2.24, 2.45) is 0 Å². The summed E-state index contributed by atoms with van der Waals surface area (Å²) in [6.45, 7) is 0.435. The number of hydrogen-bond acceptors (Lipinski definition) is 6. The third-order valence-electron chi connectivity index (χ3n) is 3.78. The van der Waals surface area contributed by atoms with Crippen LogP contribution in [0.2, 0.25) is 0 Å². The van der Waals surface area contributed by atoms with Crippen molar-refractivity contribution in [2.75, 3.05) is 19.1 Å². The van der Waals surface area contributed by atoms with E-state index in [0.29, 0.717) is 6.61 Å². The predicted octanol–water partition coefficient (Wildman–Crippen LogP) is 1.18. The van der Waals surface area contributed by atoms with Gasteiger partial charge in [0.05, 0.1) is 0 Å². The fourth-order valence-electron chi connectivity index (χ4n) is 2.56. The Bertz CT molecular complexity index is 636. The molecule has 146 valence electrons. The molecule has 0 aromatic heterocycles. The Kier molecular flexibility index (Phi) is 12.3. The van der Waals surface area contributed by atoms with E-state index in [0.717, 1.165) is 11.3 Å². The summed E-state index contributed by atoms with van der Waals surface area (Å²) in [4.78, 5) is 32.7. The minimum atomic E-state index is -4.52. The Labute approximate surface area is 183 Å². The van der Waals surface area contributed by atoms with Crippen LogP contribution in [-0.4, -0.2) is 83.3 Å². The molecule has 0 saturated carbocycles. The van der Waals surface area contributed by atoms with Gasteiger partial charge in [0.1, 0.15) is 16.4 Å². The molecule has 0 radical (unpaired) electrons. The SMILES string of the molecule is CSC1(SC)COc2ccccc2C1CC(O)P(=O)(O)O.O=[PH](O)O.[NaH]. The maximum atomic E-state index is 11.3. The van der Waals surface area contributed by atoms with E-state index in [1.807, 2.05) is 36.8 Å². The van der Waals surface area contributed by atoms with Gasteiger partial charge in [0.25, 0.3) is 0 Å². The van der Waals surface area contributed by atoms with Gasteiger partial charge >= 0.3 is 45.4 Å². The Morgan fingerprint density at radius 2 is 1.81 bits per heavy atom. The first-order valence-electron chi connectivity index (χ1n) is 7.04. The molecular weight excluding hydrogens is 433 g/mol. The number of para-hydroxylation sites is 1. The molecule has 0 fully saturated rings. The van der Waals surface area contributed by atoms with Crippen LogP contribution in [0.25, 0.3) is 0 Å². The van der Waals surface area contributed by atoms with E-state index in [1.54, 1.807) is 23.5 Å². The van der Waals surface area contributed by atoms with Crippen LogP contribution in [0.5, 0.6) is 5.75 Å². The van der Waals surface area contributed by atoms with Crippen molar-refractivity contribution in [3.8, 4) is 5.75 Å². The van der Waals surface area contributed by atoms with E-state index in [-0.39, 0.29) is 46.0 Å². The molecule has 1 aromatic rings. The molecule has 2 atom stereocenters. The van der Waals surface area contributed by atoms with Gasteiger partial charge in [-0.1, -0.05) is 18.2 Å². The topological polar surface area (TPSA) is 145 Å². The van der Waals surface area contributed by atoms with Crippen molar-refractivity contribution < 1.29 is 38.5 Å². The van der Waals surface area contributed by atoms with E-state index in [2.05, 4.69) is 0 Å². The van der Waals surface area contributed by atoms with Crippen molar-refractivity contribution in [2.45, 2.75) is 22.3 Å². The van der Waals surface area contributed by atoms with Crippen LogP contribution in [0, 0.1) is 0 Å². The number of rotatable bonds is 5. The average Bonchev–Trinajstić information content (AvgIpc) is 2.54. The third kappa shape index (κ3) is 7.43. The first kappa shape index (κ1) is 27.0. The Balaban J connectivity index is 0.00000113. The van der Waals surface area contributed by atoms with E-state index in [4.69, 9.17) is 19.1 Å². The summed E-state index contributed by atoms with van der Waals surface area (Å²) < 4.78 is 25.5. The summed E-state index contributed by atoms with van der Waals surface area (Å²) in [5.74, 6) is -1.14. The monoisotopic (exact) mass is 456 g/mol. The summed E-state index contributed by atoms with van der Waals surface area (Å²) in [5.41, 5.74) is 0.889. The summed E-state index contributed by atoms with van der Waals surface area (Å²) in [6.07, 6.45) is 3.90. The molecule has 1 aliphatic heterocycles. The predicted molar refractivity (Wildman–Crippen MR) is 108 cm³/mol. The minimum absolute atomic E-state index is 0. The summed E-state index contributed by atoms with van der Waals surface area (Å²) in [7, 11) is -7.65. The zero-order valence-electron chi connectivity index (χ0n) is 13.6. The zero-order chi connectivity index (χ0) is 19.3. The first-order chi connectivity index (χ1) is 11.6. The molecular formula is C13H23NaO8P2S2. The van der Waals surface area contributed by atoms with E-state index in [9.17, 15) is 19.5 Å². The van der Waals surface area contributed by atoms with E-state index < -0.39 is 21.7 Å². The van der Waals surface area contributed by atoms with Crippen molar-refractivity contribution in [1.29, 1.82) is 0 Å². The summed E-state index contributed by atoms with van der Waals surface area (Å²) in [5, 5.41) is 9.86. The molecule has 0 aliphatic carbocycles. The van der Waals surface area contributed by atoms with Crippen LogP contribution in [-0.2, 0) is 9.13 Å². The average molecular weight is 456 g/mol. The van der Waals surface area contributed by atoms with Crippen molar-refractivity contribution in [3.63, 3.8) is 0 Å². The van der Waals surface area contributed by atoms with E-state index in [1.165, 1.54) is 0 Å². The molecule has 0 bridgehead atoms. The van der Waals surface area contributed by atoms with Crippen molar-refractivity contribution in [3.05, 3.63) is 29.8 Å². The Morgan fingerprint density at radius 1 is 1.31 bits per heavy atom. The fourth-order valence-corrected chi connectivity index (χ4v) is 5.08. The molecule has 8 nitrogen and oxygen atoms in total. The standard InChI is InChI=1S/C13H19O5PS2.Na.H3O3P.H/c1-20-13(21-2)8-18-11-6-4-3-5-9(11)10(13)7-12(14)19(15,16)17;;1-4(2)3;/h3-6,10,12,14H,7-8H2,1-2H3,(H2,15,16,17);;4H,(H2,1,2,3);. The number of aliphatic hydroxyl groups is 1. The molecule has 2 rings (SSSR count). The Morgan fingerprint density at radius 3 is 2.27 bits per heavy atom. The zero-order valence-corrected chi connectivity index (χ0v) is 17.1. The van der Waals surface area contributed by atoms with Crippen LogP contribution in [0.3, 0.4) is 0 Å². The number of hydrogen-bond donors (Lipinski definition) is 5. The second-order valence-corrected chi connectivity index (χ2v) is 10.1. The van der Waals surface area contributed by atoms with Gasteiger partial charge < -0.3 is 29.4 Å². The van der Waals surface area contributed by atoms with Crippen LogP contribution in [0.15, 0.2) is 24.3 Å². The quantitative estimate of drug-likeness (QED) is 0.249. The summed E-state index contributed by atoms with van der Waals surface area (Å²) >= 11 is 3.18. The first-order valence-corrected chi connectivity index (χ1v) is 12.5. The third-order valence-corrected chi connectivity index (χ3v) is 7.95. The molecule has 2 unspecified atom stereocenters. The number of aliphatic hydroxyl groups excluding tert-OH is 1. The molecule has 0 amide bonds. The molecule has 13 heteroatoms. The molecule has 1 heterocycles. The number of fused-ring (bicyclic) bond motifs is 1. The number of benzene rings is 1. The molecule has 5 N–H and O–H groups in total. The van der Waals surface area contributed by atoms with Crippen LogP contribution >= 0.6 is 39.4 Å². The van der Waals surface area contributed by atoms with Gasteiger partial charge in [0, 0.05) is 5.92 Å². The molecule has 0 spiro atoms. The second-order valence-electron chi connectivity index (χ2n) is 5.19. The molecule has 1 aliphatic rings. The van der Waals surface area contributed by atoms with Crippen molar-refractivity contribution in [1.82, 2.24) is 0 Å². The number of thioether (sulfide) groups is 2.